The third kappa shape index (κ3) is 5.81. The van der Waals surface area contributed by atoms with E-state index in [1.807, 2.05) is 47.7 Å². The lowest BCUT2D eigenvalue weighted by molar-refractivity contribution is 0.249. The molecule has 0 spiro atoms. The molecule has 214 valence electrons. The van der Waals surface area contributed by atoms with Gasteiger partial charge in [-0.3, -0.25) is 14.6 Å². The average molecular weight is 563 g/mol. The Bertz CT molecular complexity index is 1580. The number of hydrogen-bond acceptors (Lipinski definition) is 10. The van der Waals surface area contributed by atoms with Crippen LogP contribution in [-0.4, -0.2) is 81.0 Å². The van der Waals surface area contributed by atoms with Gasteiger partial charge in [-0.15, -0.1) is 12.3 Å². The van der Waals surface area contributed by atoms with Gasteiger partial charge >= 0.3 is 0 Å². The molecule has 0 amide bonds. The Labute approximate surface area is 245 Å². The smallest absolute Gasteiger partial charge is 0.212 e. The van der Waals surface area contributed by atoms with Gasteiger partial charge in [0, 0.05) is 99.8 Å². The zero-order valence-electron chi connectivity index (χ0n) is 23.6. The summed E-state index contributed by atoms with van der Waals surface area (Å²) in [4.78, 5) is 23.7. The van der Waals surface area contributed by atoms with Crippen molar-refractivity contribution in [2.24, 2.45) is 5.73 Å². The second kappa shape index (κ2) is 12.4. The lowest BCUT2D eigenvalue weighted by Crippen LogP contribution is -2.46. The molecule has 0 aromatic carbocycles. The van der Waals surface area contributed by atoms with Gasteiger partial charge < -0.3 is 20.7 Å². The predicted octanol–water partition coefficient (Wildman–Crippen LogP) is 2.60. The lowest BCUT2D eigenvalue weighted by atomic mass is 10.0. The fraction of sp³-hybridized carbons (Fsp3) is 0.323. The number of terminal acetylenes is 1. The Morgan fingerprint density at radius 1 is 1.05 bits per heavy atom. The molecule has 2 aliphatic heterocycles. The highest BCUT2D eigenvalue weighted by atomic mass is 16.5. The van der Waals surface area contributed by atoms with Crippen LogP contribution in [0.15, 0.2) is 61.4 Å². The summed E-state index contributed by atoms with van der Waals surface area (Å²) in [5.74, 6) is 4.24. The second-order valence-corrected chi connectivity index (χ2v) is 10.4. The zero-order valence-corrected chi connectivity index (χ0v) is 23.6. The topological polar surface area (TPSA) is 123 Å². The number of anilines is 1. The Morgan fingerprint density at radius 2 is 1.90 bits per heavy atom. The number of piperazine rings is 1. The van der Waals surface area contributed by atoms with Gasteiger partial charge in [0.05, 0.1) is 42.6 Å². The molecule has 11 heteroatoms. The first-order chi connectivity index (χ1) is 20.6. The number of aromatic nitrogens is 6. The van der Waals surface area contributed by atoms with E-state index in [1.54, 1.807) is 13.3 Å². The number of nitrogens with two attached hydrogens (primary N) is 1. The highest BCUT2D eigenvalue weighted by molar-refractivity contribution is 5.79. The molecule has 11 nitrogen and oxygen atoms in total. The Hall–Kier alpha value is -4.79. The van der Waals surface area contributed by atoms with Crippen molar-refractivity contribution >= 4 is 11.4 Å². The van der Waals surface area contributed by atoms with Crippen LogP contribution in [0.2, 0.25) is 0 Å². The highest BCUT2D eigenvalue weighted by Crippen LogP contribution is 2.30. The maximum Gasteiger partial charge on any atom is 0.212 e. The normalized spacial score (nSPS) is 16.2. The van der Waals surface area contributed by atoms with Crippen LogP contribution in [-0.2, 0) is 6.54 Å². The van der Waals surface area contributed by atoms with Crippen LogP contribution in [0, 0.1) is 12.3 Å². The molecule has 0 atom stereocenters. The number of ether oxygens (including phenoxy) is 1. The SMILES string of the molecule is C#CCC(=CN)c1ncc(-c2cnn(C3CNC3)c2)nc1-c1ccc(N2CCN(Cc3ccc(OC)nc3)CC2)nc1. The Kier molecular flexibility index (Phi) is 8.07. The van der Waals surface area contributed by atoms with Crippen molar-refractivity contribution in [3.05, 3.63) is 72.7 Å². The van der Waals surface area contributed by atoms with Crippen molar-refractivity contribution in [2.45, 2.75) is 19.0 Å². The van der Waals surface area contributed by atoms with Gasteiger partial charge in [0.25, 0.3) is 0 Å². The van der Waals surface area contributed by atoms with E-state index >= 15 is 0 Å². The molecule has 2 aliphatic rings. The first-order valence-corrected chi connectivity index (χ1v) is 14.0. The second-order valence-electron chi connectivity index (χ2n) is 10.4. The molecule has 6 heterocycles. The Morgan fingerprint density at radius 3 is 2.55 bits per heavy atom. The number of methoxy groups -OCH3 is 1. The molecule has 6 rings (SSSR count). The van der Waals surface area contributed by atoms with E-state index in [0.29, 0.717) is 29.7 Å². The third-order valence-corrected chi connectivity index (χ3v) is 7.73. The van der Waals surface area contributed by atoms with Gasteiger partial charge in [-0.2, -0.15) is 5.10 Å². The average Bonchev–Trinajstić information content (AvgIpc) is 3.49. The fourth-order valence-electron chi connectivity index (χ4n) is 5.16. The number of rotatable bonds is 9. The summed E-state index contributed by atoms with van der Waals surface area (Å²) in [5, 5.41) is 7.82. The van der Waals surface area contributed by atoms with Crippen molar-refractivity contribution < 1.29 is 4.74 Å². The Balaban J connectivity index is 1.19. The van der Waals surface area contributed by atoms with Crippen molar-refractivity contribution in [2.75, 3.05) is 51.3 Å². The number of nitrogens with one attached hydrogen (secondary N) is 1. The van der Waals surface area contributed by atoms with Crippen LogP contribution in [0.1, 0.15) is 23.7 Å². The summed E-state index contributed by atoms with van der Waals surface area (Å²) >= 11 is 0. The molecule has 42 heavy (non-hydrogen) atoms. The fourth-order valence-corrected chi connectivity index (χ4v) is 5.16. The first kappa shape index (κ1) is 27.4. The minimum Gasteiger partial charge on any atom is -0.481 e. The van der Waals surface area contributed by atoms with Crippen molar-refractivity contribution in [1.82, 2.24) is 39.9 Å². The van der Waals surface area contributed by atoms with E-state index in [0.717, 1.165) is 74.0 Å². The van der Waals surface area contributed by atoms with Crippen molar-refractivity contribution in [1.29, 1.82) is 0 Å². The molecule has 2 saturated heterocycles. The largest absolute Gasteiger partial charge is 0.481 e. The molecule has 0 aliphatic carbocycles. The summed E-state index contributed by atoms with van der Waals surface area (Å²) in [6, 6.07) is 8.43. The molecule has 0 radical (unpaired) electrons. The summed E-state index contributed by atoms with van der Waals surface area (Å²) in [5.41, 5.74) is 11.7. The molecule has 4 aromatic heterocycles. The highest BCUT2D eigenvalue weighted by Gasteiger charge is 2.22. The molecular weight excluding hydrogens is 528 g/mol. The van der Waals surface area contributed by atoms with Crippen LogP contribution in [0.25, 0.3) is 28.1 Å². The molecule has 4 aromatic rings. The van der Waals surface area contributed by atoms with Gasteiger partial charge in [0.1, 0.15) is 5.82 Å². The molecule has 2 fully saturated rings. The molecule has 0 bridgehead atoms. The van der Waals surface area contributed by atoms with Crippen LogP contribution in [0.3, 0.4) is 0 Å². The van der Waals surface area contributed by atoms with E-state index in [2.05, 4.69) is 37.2 Å². The first-order valence-electron chi connectivity index (χ1n) is 14.0. The third-order valence-electron chi connectivity index (χ3n) is 7.73. The summed E-state index contributed by atoms with van der Waals surface area (Å²) < 4.78 is 7.15. The standard InChI is InChI=1S/C31H34N10O/c1-3-4-23(13-32)30-31(38-27(19-36-30)25-16-37-41(21-25)26-17-33-18-26)24-6-7-28(34-15-24)40-11-9-39(10-12-40)20-22-5-8-29(42-2)35-14-22/h1,5-8,13-16,19,21,26,33H,4,9-12,17-18,20,32H2,2H3. The van der Waals surface area contributed by atoms with Crippen LogP contribution < -0.4 is 20.7 Å². The number of allylic oxidation sites excluding steroid dienone is 1. The van der Waals surface area contributed by atoms with Gasteiger partial charge in [0.15, 0.2) is 0 Å². The summed E-state index contributed by atoms with van der Waals surface area (Å²) in [6.07, 6.45) is 16.8. The quantitative estimate of drug-likeness (QED) is 0.294. The number of pyridine rings is 2. The van der Waals surface area contributed by atoms with Crippen LogP contribution in [0.5, 0.6) is 5.88 Å². The van der Waals surface area contributed by atoms with Crippen LogP contribution >= 0.6 is 0 Å². The van der Waals surface area contributed by atoms with Crippen LogP contribution in [0.4, 0.5) is 5.82 Å². The van der Waals surface area contributed by atoms with Crippen molar-refractivity contribution in [3.63, 3.8) is 0 Å². The van der Waals surface area contributed by atoms with E-state index in [1.165, 1.54) is 11.8 Å². The van der Waals surface area contributed by atoms with E-state index < -0.39 is 0 Å². The maximum atomic E-state index is 5.96. The maximum absolute atomic E-state index is 5.96. The number of hydrogen-bond donors (Lipinski definition) is 2. The minimum absolute atomic E-state index is 0.354. The van der Waals surface area contributed by atoms with E-state index in [9.17, 15) is 0 Å². The zero-order chi connectivity index (χ0) is 28.9. The van der Waals surface area contributed by atoms with Gasteiger partial charge in [-0.05, 0) is 17.7 Å². The number of nitrogens with zero attached hydrogens (tertiary/aromatic N) is 8. The minimum atomic E-state index is 0.354. The summed E-state index contributed by atoms with van der Waals surface area (Å²) in [7, 11) is 1.63. The summed E-state index contributed by atoms with van der Waals surface area (Å²) in [6.45, 7) is 6.35. The molecule has 0 saturated carbocycles. The predicted molar refractivity (Wildman–Crippen MR) is 162 cm³/mol. The van der Waals surface area contributed by atoms with Crippen molar-refractivity contribution in [3.8, 4) is 40.7 Å². The monoisotopic (exact) mass is 562 g/mol. The molecule has 0 unspecified atom stereocenters. The lowest BCUT2D eigenvalue weighted by Gasteiger charge is -2.35. The van der Waals surface area contributed by atoms with Gasteiger partial charge in [-0.25, -0.2) is 15.0 Å². The van der Waals surface area contributed by atoms with E-state index in [-0.39, 0.29) is 0 Å². The van der Waals surface area contributed by atoms with Gasteiger partial charge in [0.2, 0.25) is 5.88 Å². The molecule has 3 N–H and O–H groups in total. The van der Waals surface area contributed by atoms with E-state index in [4.69, 9.17) is 31.8 Å². The van der Waals surface area contributed by atoms with Gasteiger partial charge in [-0.1, -0.05) is 6.07 Å². The molecular formula is C31H34N10O.